The molecule has 0 aliphatic heterocycles. The highest BCUT2D eigenvalue weighted by atomic mass is 32.2. The summed E-state index contributed by atoms with van der Waals surface area (Å²) in [5.74, 6) is 0.753. The highest BCUT2D eigenvalue weighted by Crippen LogP contribution is 2.24. The highest BCUT2D eigenvalue weighted by Gasteiger charge is 2.26. The molecule has 0 unspecified atom stereocenters. The molecular weight excluding hydrogens is 366 g/mol. The van der Waals surface area contributed by atoms with Crippen LogP contribution in [0.3, 0.4) is 0 Å². The molecule has 0 radical (unpaired) electrons. The molecule has 3 N–H and O–H groups in total. The first-order chi connectivity index (χ1) is 13.0. The maximum Gasteiger partial charge on any atom is 0.306 e. The van der Waals surface area contributed by atoms with Gasteiger partial charge in [-0.3, -0.25) is 14.4 Å². The molecule has 1 aromatic carbocycles. The van der Waals surface area contributed by atoms with Crippen LogP contribution in [-0.2, 0) is 15.3 Å². The number of nitrogens with zero attached hydrogens (tertiary/aromatic N) is 1. The second-order valence-corrected chi connectivity index (χ2v) is 7.89. The van der Waals surface area contributed by atoms with Crippen LogP contribution in [-0.4, -0.2) is 38.7 Å². The van der Waals surface area contributed by atoms with Crippen molar-refractivity contribution in [1.82, 2.24) is 15.3 Å². The van der Waals surface area contributed by atoms with E-state index in [1.165, 1.54) is 0 Å². The van der Waals surface area contributed by atoms with Gasteiger partial charge in [-0.15, -0.1) is 0 Å². The molecule has 1 amide bonds. The number of thioether (sulfide) groups is 1. The molecule has 8 heteroatoms. The third kappa shape index (κ3) is 5.32. The molecule has 0 spiro atoms. The Kier molecular flexibility index (Phi) is 6.49. The number of nitrogens with one attached hydrogen (secondary N) is 2. The average molecular weight is 389 g/mol. The molecule has 1 saturated carbocycles. The van der Waals surface area contributed by atoms with Crippen molar-refractivity contribution < 1.29 is 14.7 Å². The van der Waals surface area contributed by atoms with Crippen molar-refractivity contribution in [1.29, 1.82) is 0 Å². The minimum atomic E-state index is -0.739. The van der Waals surface area contributed by atoms with Gasteiger partial charge in [-0.1, -0.05) is 12.1 Å². The molecular formula is C19H23N3O4S. The number of aromatic nitrogens is 2. The van der Waals surface area contributed by atoms with Crippen LogP contribution in [0.15, 0.2) is 29.1 Å². The predicted molar refractivity (Wildman–Crippen MR) is 105 cm³/mol. The van der Waals surface area contributed by atoms with Gasteiger partial charge in [0.15, 0.2) is 0 Å². The van der Waals surface area contributed by atoms with Crippen LogP contribution >= 0.6 is 11.8 Å². The van der Waals surface area contributed by atoms with E-state index in [2.05, 4.69) is 15.3 Å². The smallest absolute Gasteiger partial charge is 0.306 e. The summed E-state index contributed by atoms with van der Waals surface area (Å²) in [6, 6.07) is 7.29. The van der Waals surface area contributed by atoms with Gasteiger partial charge >= 0.3 is 5.97 Å². The van der Waals surface area contributed by atoms with Gasteiger partial charge in [-0.25, -0.2) is 4.98 Å². The lowest BCUT2D eigenvalue weighted by Crippen LogP contribution is -2.38. The Bertz CT molecular complexity index is 875. The first-order valence-corrected chi connectivity index (χ1v) is 10.3. The fourth-order valence-corrected chi connectivity index (χ4v) is 4.13. The fraction of sp³-hybridized carbons (Fsp3) is 0.474. The Morgan fingerprint density at radius 3 is 2.70 bits per heavy atom. The van der Waals surface area contributed by atoms with E-state index in [0.29, 0.717) is 47.5 Å². The van der Waals surface area contributed by atoms with E-state index in [-0.39, 0.29) is 23.4 Å². The highest BCUT2D eigenvalue weighted by molar-refractivity contribution is 7.98. The minimum Gasteiger partial charge on any atom is -0.481 e. The molecule has 144 valence electrons. The number of fused-ring (bicyclic) bond motifs is 1. The van der Waals surface area contributed by atoms with Gasteiger partial charge in [0.25, 0.3) is 5.56 Å². The largest absolute Gasteiger partial charge is 0.481 e. The summed E-state index contributed by atoms with van der Waals surface area (Å²) in [6.07, 6.45) is 3.07. The molecule has 0 bridgehead atoms. The van der Waals surface area contributed by atoms with Crippen LogP contribution in [0.25, 0.3) is 10.9 Å². The van der Waals surface area contributed by atoms with Gasteiger partial charge < -0.3 is 15.4 Å². The van der Waals surface area contributed by atoms with Crippen molar-refractivity contribution in [3.05, 3.63) is 40.4 Å². The van der Waals surface area contributed by atoms with E-state index >= 15 is 0 Å². The number of aliphatic carboxylic acids is 1. The monoisotopic (exact) mass is 389 g/mol. The molecule has 1 aliphatic rings. The van der Waals surface area contributed by atoms with E-state index in [1.807, 2.05) is 12.1 Å². The zero-order valence-corrected chi connectivity index (χ0v) is 15.8. The van der Waals surface area contributed by atoms with Gasteiger partial charge in [0.2, 0.25) is 5.91 Å². The summed E-state index contributed by atoms with van der Waals surface area (Å²) < 4.78 is 0. The molecule has 1 fully saturated rings. The second kappa shape index (κ2) is 9.03. The normalized spacial score (nSPS) is 19.7. The lowest BCUT2D eigenvalue weighted by Gasteiger charge is -2.26. The van der Waals surface area contributed by atoms with Crippen LogP contribution in [0.4, 0.5) is 0 Å². The SMILES string of the molecule is O=C(CCSCc1nc2ccccc2c(=O)[nH]1)NC1CCC(C(=O)O)CC1. The average Bonchev–Trinajstić information content (AvgIpc) is 2.66. The van der Waals surface area contributed by atoms with Crippen molar-refractivity contribution in [2.24, 2.45) is 5.92 Å². The van der Waals surface area contributed by atoms with Gasteiger partial charge in [-0.2, -0.15) is 11.8 Å². The lowest BCUT2D eigenvalue weighted by atomic mass is 9.86. The minimum absolute atomic E-state index is 0.0127. The molecule has 1 heterocycles. The molecule has 3 rings (SSSR count). The van der Waals surface area contributed by atoms with Crippen LogP contribution < -0.4 is 10.9 Å². The Labute approximate surface area is 161 Å². The van der Waals surface area contributed by atoms with E-state index < -0.39 is 5.97 Å². The Morgan fingerprint density at radius 2 is 1.96 bits per heavy atom. The Morgan fingerprint density at radius 1 is 1.22 bits per heavy atom. The standard InChI is InChI=1S/C19H23N3O4S/c23-17(20-13-7-5-12(6-8-13)19(25)26)9-10-27-11-16-21-15-4-2-1-3-14(15)18(24)22-16/h1-4,12-13H,5-11H2,(H,20,23)(H,25,26)(H,21,22,24). The summed E-state index contributed by atoms with van der Waals surface area (Å²) in [5, 5.41) is 12.6. The lowest BCUT2D eigenvalue weighted by molar-refractivity contribution is -0.142. The predicted octanol–water partition coefficient (Wildman–Crippen LogP) is 2.31. The van der Waals surface area contributed by atoms with Crippen LogP contribution in [0, 0.1) is 5.92 Å². The van der Waals surface area contributed by atoms with E-state index in [1.54, 1.807) is 23.9 Å². The zero-order chi connectivity index (χ0) is 19.2. The molecule has 2 aromatic rings. The number of H-pyrrole nitrogens is 1. The number of carboxylic acid groups (broad SMARTS) is 1. The van der Waals surface area contributed by atoms with Gasteiger partial charge in [0, 0.05) is 18.2 Å². The van der Waals surface area contributed by atoms with E-state index in [0.717, 1.165) is 12.8 Å². The summed E-state index contributed by atoms with van der Waals surface area (Å²) in [7, 11) is 0. The number of benzene rings is 1. The topological polar surface area (TPSA) is 112 Å². The summed E-state index contributed by atoms with van der Waals surface area (Å²) in [6.45, 7) is 0. The van der Waals surface area contributed by atoms with Crippen molar-refractivity contribution in [3.8, 4) is 0 Å². The number of rotatable bonds is 7. The number of para-hydroxylation sites is 1. The van der Waals surface area contributed by atoms with Crippen LogP contribution in [0.1, 0.15) is 37.9 Å². The number of carbonyl (C=O) groups excluding carboxylic acids is 1. The number of carboxylic acids is 1. The maximum absolute atomic E-state index is 12.1. The van der Waals surface area contributed by atoms with Gasteiger partial charge in [-0.05, 0) is 37.8 Å². The number of aromatic amines is 1. The Balaban J connectivity index is 1.39. The molecule has 0 saturated heterocycles. The van der Waals surface area contributed by atoms with Crippen LogP contribution in [0.2, 0.25) is 0 Å². The van der Waals surface area contributed by atoms with E-state index in [9.17, 15) is 14.4 Å². The van der Waals surface area contributed by atoms with Gasteiger partial charge in [0.1, 0.15) is 5.82 Å². The maximum atomic E-state index is 12.1. The molecule has 1 aliphatic carbocycles. The van der Waals surface area contributed by atoms with Crippen molar-refractivity contribution in [2.45, 2.75) is 43.9 Å². The fourth-order valence-electron chi connectivity index (χ4n) is 3.32. The van der Waals surface area contributed by atoms with Crippen molar-refractivity contribution in [3.63, 3.8) is 0 Å². The third-order valence-corrected chi connectivity index (χ3v) is 5.79. The molecule has 27 heavy (non-hydrogen) atoms. The molecule has 1 aromatic heterocycles. The number of hydrogen-bond acceptors (Lipinski definition) is 5. The summed E-state index contributed by atoms with van der Waals surface area (Å²) in [4.78, 5) is 42.2. The number of hydrogen-bond donors (Lipinski definition) is 3. The van der Waals surface area contributed by atoms with Crippen molar-refractivity contribution in [2.75, 3.05) is 5.75 Å². The van der Waals surface area contributed by atoms with Crippen molar-refractivity contribution >= 4 is 34.5 Å². The first-order valence-electron chi connectivity index (χ1n) is 9.11. The van der Waals surface area contributed by atoms with Crippen LogP contribution in [0.5, 0.6) is 0 Å². The quantitative estimate of drug-likeness (QED) is 0.627. The summed E-state index contributed by atoms with van der Waals surface area (Å²) in [5.41, 5.74) is 0.525. The summed E-state index contributed by atoms with van der Waals surface area (Å²) >= 11 is 1.55. The third-order valence-electron chi connectivity index (χ3n) is 4.82. The van der Waals surface area contributed by atoms with E-state index in [4.69, 9.17) is 5.11 Å². The number of carbonyl (C=O) groups is 2. The number of amides is 1. The Hall–Kier alpha value is -2.35. The second-order valence-electron chi connectivity index (χ2n) is 6.79. The van der Waals surface area contributed by atoms with Gasteiger partial charge in [0.05, 0.1) is 22.6 Å². The zero-order valence-electron chi connectivity index (χ0n) is 14.9. The first kappa shape index (κ1) is 19.4. The molecule has 0 atom stereocenters. The molecule has 7 nitrogen and oxygen atoms in total.